The van der Waals surface area contributed by atoms with Gasteiger partial charge in [-0.05, 0) is 49.4 Å². The number of rotatable bonds is 3. The molecule has 1 aliphatic rings. The Bertz CT molecular complexity index is 487. The zero-order valence-electron chi connectivity index (χ0n) is 10.2. The third-order valence-corrected chi connectivity index (χ3v) is 3.70. The predicted octanol–water partition coefficient (Wildman–Crippen LogP) is 2.13. The van der Waals surface area contributed by atoms with E-state index in [1.807, 2.05) is 13.8 Å². The fraction of sp³-hybridized carbons (Fsp3) is 0.462. The van der Waals surface area contributed by atoms with Crippen molar-refractivity contribution in [3.05, 3.63) is 22.8 Å². The number of phenols is 1. The molecular weight excluding hydrogens is 220 g/mol. The van der Waals surface area contributed by atoms with E-state index in [0.717, 1.165) is 11.1 Å². The van der Waals surface area contributed by atoms with E-state index in [1.165, 1.54) is 13.2 Å². The number of carboxylic acid groups (broad SMARTS) is 1. The molecular formula is C13H16O4. The Morgan fingerprint density at radius 2 is 1.94 bits per heavy atom. The molecule has 1 saturated carbocycles. The first-order valence-electron chi connectivity index (χ1n) is 5.55. The van der Waals surface area contributed by atoms with Crippen LogP contribution in [0, 0.1) is 13.8 Å². The van der Waals surface area contributed by atoms with Crippen LogP contribution >= 0.6 is 0 Å². The van der Waals surface area contributed by atoms with E-state index < -0.39 is 11.4 Å². The van der Waals surface area contributed by atoms with Crippen LogP contribution in [0.4, 0.5) is 0 Å². The third kappa shape index (κ3) is 1.55. The minimum atomic E-state index is -0.815. The van der Waals surface area contributed by atoms with E-state index >= 15 is 0 Å². The first-order chi connectivity index (χ1) is 7.94. The Balaban J connectivity index is 2.62. The van der Waals surface area contributed by atoms with Gasteiger partial charge in [0.15, 0.2) is 11.5 Å². The van der Waals surface area contributed by atoms with Crippen molar-refractivity contribution in [2.24, 2.45) is 0 Å². The zero-order valence-corrected chi connectivity index (χ0v) is 10.2. The number of methoxy groups -OCH3 is 1. The number of phenolic OH excluding ortho intramolecular Hbond substituents is 1. The van der Waals surface area contributed by atoms with Crippen molar-refractivity contribution in [2.45, 2.75) is 32.1 Å². The molecule has 1 aromatic rings. The van der Waals surface area contributed by atoms with Crippen molar-refractivity contribution in [1.29, 1.82) is 0 Å². The number of ether oxygens (including phenoxy) is 1. The van der Waals surface area contributed by atoms with Crippen LogP contribution in [-0.2, 0) is 10.2 Å². The zero-order chi connectivity index (χ0) is 12.8. The first-order valence-corrected chi connectivity index (χ1v) is 5.55. The average molecular weight is 236 g/mol. The van der Waals surface area contributed by atoms with Crippen molar-refractivity contribution in [3.63, 3.8) is 0 Å². The topological polar surface area (TPSA) is 66.8 Å². The molecule has 0 bridgehead atoms. The maximum atomic E-state index is 11.3. The Morgan fingerprint density at radius 1 is 1.35 bits per heavy atom. The highest BCUT2D eigenvalue weighted by molar-refractivity contribution is 5.86. The Labute approximate surface area is 99.8 Å². The summed E-state index contributed by atoms with van der Waals surface area (Å²) in [5, 5.41) is 19.1. The van der Waals surface area contributed by atoms with Gasteiger partial charge in [-0.1, -0.05) is 0 Å². The quantitative estimate of drug-likeness (QED) is 0.843. The van der Waals surface area contributed by atoms with Gasteiger partial charge in [-0.25, -0.2) is 0 Å². The standard InChI is InChI=1S/C13H16O4/c1-7-8(2)11(17-3)10(14)6-9(7)13(4-5-13)12(15)16/h6,14H,4-5H2,1-3H3,(H,15,16). The molecule has 1 aliphatic carbocycles. The van der Waals surface area contributed by atoms with Crippen LogP contribution < -0.4 is 4.74 Å². The van der Waals surface area contributed by atoms with E-state index in [2.05, 4.69) is 0 Å². The van der Waals surface area contributed by atoms with Gasteiger partial charge in [0.2, 0.25) is 0 Å². The number of benzene rings is 1. The number of hydrogen-bond donors (Lipinski definition) is 2. The summed E-state index contributed by atoms with van der Waals surface area (Å²) < 4.78 is 5.11. The average Bonchev–Trinajstić information content (AvgIpc) is 3.05. The molecule has 0 aliphatic heterocycles. The predicted molar refractivity (Wildman–Crippen MR) is 62.7 cm³/mol. The number of carboxylic acids is 1. The molecule has 0 atom stereocenters. The minimum Gasteiger partial charge on any atom is -0.504 e. The first kappa shape index (κ1) is 11.8. The van der Waals surface area contributed by atoms with Crippen LogP contribution in [0.3, 0.4) is 0 Å². The monoisotopic (exact) mass is 236 g/mol. The lowest BCUT2D eigenvalue weighted by Gasteiger charge is -2.18. The second-order valence-electron chi connectivity index (χ2n) is 4.61. The number of hydrogen-bond acceptors (Lipinski definition) is 3. The molecule has 2 rings (SSSR count). The van der Waals surface area contributed by atoms with Crippen molar-refractivity contribution >= 4 is 5.97 Å². The highest BCUT2D eigenvalue weighted by Crippen LogP contribution is 2.52. The molecule has 0 heterocycles. The number of aliphatic carboxylic acids is 1. The molecule has 0 spiro atoms. The maximum absolute atomic E-state index is 11.3. The van der Waals surface area contributed by atoms with Crippen LogP contribution in [-0.4, -0.2) is 23.3 Å². The molecule has 1 fully saturated rings. The van der Waals surface area contributed by atoms with Gasteiger partial charge in [0.05, 0.1) is 12.5 Å². The highest BCUT2D eigenvalue weighted by Gasteiger charge is 2.53. The van der Waals surface area contributed by atoms with E-state index in [9.17, 15) is 15.0 Å². The van der Waals surface area contributed by atoms with Crippen LogP contribution in [0.2, 0.25) is 0 Å². The summed E-state index contributed by atoms with van der Waals surface area (Å²) in [6.07, 6.45) is 1.27. The summed E-state index contributed by atoms with van der Waals surface area (Å²) in [5.74, 6) is -0.380. The van der Waals surface area contributed by atoms with Gasteiger partial charge in [-0.15, -0.1) is 0 Å². The van der Waals surface area contributed by atoms with E-state index in [-0.39, 0.29) is 5.75 Å². The lowest BCUT2D eigenvalue weighted by molar-refractivity contribution is -0.140. The van der Waals surface area contributed by atoms with E-state index in [4.69, 9.17) is 4.74 Å². The molecule has 4 heteroatoms. The van der Waals surface area contributed by atoms with Crippen LogP contribution in [0.25, 0.3) is 0 Å². The van der Waals surface area contributed by atoms with E-state index in [0.29, 0.717) is 24.2 Å². The summed E-state index contributed by atoms with van der Waals surface area (Å²) in [7, 11) is 1.49. The van der Waals surface area contributed by atoms with Gasteiger partial charge >= 0.3 is 5.97 Å². The Kier molecular flexibility index (Phi) is 2.53. The number of aromatic hydroxyl groups is 1. The Hall–Kier alpha value is -1.71. The molecule has 0 unspecified atom stereocenters. The summed E-state index contributed by atoms with van der Waals surface area (Å²) in [6.45, 7) is 3.70. The molecule has 2 N–H and O–H groups in total. The molecule has 0 saturated heterocycles. The molecule has 0 radical (unpaired) electrons. The smallest absolute Gasteiger partial charge is 0.314 e. The maximum Gasteiger partial charge on any atom is 0.314 e. The van der Waals surface area contributed by atoms with Gasteiger partial charge in [-0.2, -0.15) is 0 Å². The summed E-state index contributed by atoms with van der Waals surface area (Å²) in [6, 6.07) is 1.53. The largest absolute Gasteiger partial charge is 0.504 e. The van der Waals surface area contributed by atoms with Gasteiger partial charge < -0.3 is 14.9 Å². The van der Waals surface area contributed by atoms with Crippen molar-refractivity contribution in [3.8, 4) is 11.5 Å². The summed E-state index contributed by atoms with van der Waals surface area (Å²) >= 11 is 0. The fourth-order valence-electron chi connectivity index (χ4n) is 2.35. The van der Waals surface area contributed by atoms with Gasteiger partial charge in [0, 0.05) is 0 Å². The van der Waals surface area contributed by atoms with Crippen molar-refractivity contribution in [1.82, 2.24) is 0 Å². The lowest BCUT2D eigenvalue weighted by Crippen LogP contribution is -2.21. The van der Waals surface area contributed by atoms with Gasteiger partial charge in [-0.3, -0.25) is 4.79 Å². The molecule has 0 aromatic heterocycles. The summed E-state index contributed by atoms with van der Waals surface area (Å²) in [5.41, 5.74) is 1.61. The third-order valence-electron chi connectivity index (χ3n) is 3.70. The molecule has 0 amide bonds. The molecule has 17 heavy (non-hydrogen) atoms. The van der Waals surface area contributed by atoms with Crippen LogP contribution in [0.5, 0.6) is 11.5 Å². The second-order valence-corrected chi connectivity index (χ2v) is 4.61. The molecule has 1 aromatic carbocycles. The molecule has 4 nitrogen and oxygen atoms in total. The van der Waals surface area contributed by atoms with Crippen LogP contribution in [0.1, 0.15) is 29.5 Å². The van der Waals surface area contributed by atoms with Gasteiger partial charge in [0.25, 0.3) is 0 Å². The fourth-order valence-corrected chi connectivity index (χ4v) is 2.35. The number of carbonyl (C=O) groups is 1. The summed E-state index contributed by atoms with van der Waals surface area (Å²) in [4.78, 5) is 11.3. The van der Waals surface area contributed by atoms with Gasteiger partial charge in [0.1, 0.15) is 0 Å². The molecule has 92 valence electrons. The highest BCUT2D eigenvalue weighted by atomic mass is 16.5. The van der Waals surface area contributed by atoms with Crippen LogP contribution in [0.15, 0.2) is 6.07 Å². The second kappa shape index (κ2) is 3.65. The SMILES string of the molecule is COc1c(O)cc(C2(C(=O)O)CC2)c(C)c1C. The van der Waals surface area contributed by atoms with E-state index in [1.54, 1.807) is 0 Å². The normalized spacial score (nSPS) is 16.6. The lowest BCUT2D eigenvalue weighted by atomic mass is 9.89. The minimum absolute atomic E-state index is 0.0122. The Morgan fingerprint density at radius 3 is 2.35 bits per heavy atom. The van der Waals surface area contributed by atoms with Crippen molar-refractivity contribution in [2.75, 3.05) is 7.11 Å². The van der Waals surface area contributed by atoms with Crippen molar-refractivity contribution < 1.29 is 19.7 Å².